The van der Waals surface area contributed by atoms with Crippen molar-refractivity contribution in [2.45, 2.75) is 11.7 Å². The van der Waals surface area contributed by atoms with E-state index >= 15 is 0 Å². The van der Waals surface area contributed by atoms with Crippen molar-refractivity contribution in [1.82, 2.24) is 0 Å². The fraction of sp³-hybridized carbons (Fsp3) is 0.0800. The second-order valence-corrected chi connectivity index (χ2v) is 9.68. The van der Waals surface area contributed by atoms with Gasteiger partial charge in [0.1, 0.15) is 16.7 Å². The molecule has 1 atom stereocenters. The first-order chi connectivity index (χ1) is 16.0. The van der Waals surface area contributed by atoms with Crippen LogP contribution in [0.3, 0.4) is 0 Å². The van der Waals surface area contributed by atoms with Crippen LogP contribution < -0.4 is 10.2 Å². The third-order valence-electron chi connectivity index (χ3n) is 4.99. The maximum Gasteiger partial charge on any atom is 0.269 e. The minimum absolute atomic E-state index is 0.123. The molecular formula is C25H17BrClN3O2S. The van der Waals surface area contributed by atoms with E-state index in [2.05, 4.69) is 21.2 Å². The van der Waals surface area contributed by atoms with Crippen LogP contribution in [-0.4, -0.2) is 17.1 Å². The summed E-state index contributed by atoms with van der Waals surface area (Å²) in [7, 11) is 0. The Hall–Kier alpha value is -3.05. The molecule has 0 spiro atoms. The number of halogens is 2. The summed E-state index contributed by atoms with van der Waals surface area (Å²) in [5.41, 5.74) is 1.85. The molecule has 8 heteroatoms. The SMILES string of the molecule is N#C/C(C(=O)Nc1ccc(Br)cc1)=C1/S[C@H](Cc2ccccc2Cl)C(=O)N1c1ccccc1. The Kier molecular flexibility index (Phi) is 7.19. The highest BCUT2D eigenvalue weighted by molar-refractivity contribution is 9.10. The molecule has 1 fully saturated rings. The number of thioether (sulfide) groups is 1. The summed E-state index contributed by atoms with van der Waals surface area (Å²) in [6, 6.07) is 25.4. The molecule has 2 amide bonds. The number of nitriles is 1. The fourth-order valence-corrected chi connectivity index (χ4v) is 5.16. The van der Waals surface area contributed by atoms with Crippen LogP contribution in [0.15, 0.2) is 93.9 Å². The van der Waals surface area contributed by atoms with Crippen molar-refractivity contribution < 1.29 is 9.59 Å². The first-order valence-electron chi connectivity index (χ1n) is 9.98. The van der Waals surface area contributed by atoms with Gasteiger partial charge in [0.05, 0.1) is 5.25 Å². The van der Waals surface area contributed by atoms with Gasteiger partial charge in [0.25, 0.3) is 5.91 Å². The second kappa shape index (κ2) is 10.3. The highest BCUT2D eigenvalue weighted by atomic mass is 79.9. The molecule has 1 saturated heterocycles. The average molecular weight is 539 g/mol. The maximum atomic E-state index is 13.5. The molecule has 1 heterocycles. The molecule has 0 radical (unpaired) electrons. The molecule has 3 aromatic rings. The van der Waals surface area contributed by atoms with Gasteiger partial charge in [0.2, 0.25) is 5.91 Å². The lowest BCUT2D eigenvalue weighted by Crippen LogP contribution is -2.30. The number of rotatable bonds is 5. The van der Waals surface area contributed by atoms with E-state index in [0.717, 1.165) is 10.0 Å². The summed E-state index contributed by atoms with van der Waals surface area (Å²) in [5.74, 6) is -0.778. The van der Waals surface area contributed by atoms with Crippen molar-refractivity contribution in [3.63, 3.8) is 0 Å². The zero-order chi connectivity index (χ0) is 23.4. The lowest BCUT2D eigenvalue weighted by Gasteiger charge is -2.18. The standard InChI is InChI=1S/C25H17BrClN3O2S/c26-17-10-12-18(13-11-17)29-23(31)20(15-28)25-30(19-7-2-1-3-8-19)24(32)22(33-25)14-16-6-4-5-9-21(16)27/h1-13,22H,14H2,(H,29,31)/b25-20-/t22-/m1/s1. The predicted octanol–water partition coefficient (Wildman–Crippen LogP) is 6.17. The summed E-state index contributed by atoms with van der Waals surface area (Å²) >= 11 is 10.9. The minimum Gasteiger partial charge on any atom is -0.321 e. The van der Waals surface area contributed by atoms with Crippen LogP contribution in [0.2, 0.25) is 5.02 Å². The van der Waals surface area contributed by atoms with Crippen molar-refractivity contribution in [3.05, 3.63) is 105 Å². The third-order valence-corrected chi connectivity index (χ3v) is 7.15. The Morgan fingerprint density at radius 1 is 1.06 bits per heavy atom. The van der Waals surface area contributed by atoms with Crippen LogP contribution in [0.1, 0.15) is 5.56 Å². The van der Waals surface area contributed by atoms with E-state index in [-0.39, 0.29) is 11.5 Å². The molecule has 1 aliphatic heterocycles. The molecule has 0 bridgehead atoms. The van der Waals surface area contributed by atoms with E-state index in [1.54, 1.807) is 54.6 Å². The van der Waals surface area contributed by atoms with Crippen molar-refractivity contribution in [1.29, 1.82) is 5.26 Å². The number of nitrogens with zero attached hydrogens (tertiary/aromatic N) is 2. The van der Waals surface area contributed by atoms with Gasteiger partial charge >= 0.3 is 0 Å². The van der Waals surface area contributed by atoms with Crippen LogP contribution >= 0.6 is 39.3 Å². The number of hydrogen-bond donors (Lipinski definition) is 1. The number of nitrogens with one attached hydrogen (secondary N) is 1. The van der Waals surface area contributed by atoms with E-state index in [0.29, 0.717) is 27.8 Å². The Labute approximate surface area is 209 Å². The van der Waals surface area contributed by atoms with Crippen LogP contribution in [0, 0.1) is 11.3 Å². The average Bonchev–Trinajstić information content (AvgIpc) is 3.13. The predicted molar refractivity (Wildman–Crippen MR) is 136 cm³/mol. The van der Waals surface area contributed by atoms with Crippen LogP contribution in [-0.2, 0) is 16.0 Å². The Morgan fingerprint density at radius 3 is 2.39 bits per heavy atom. The first kappa shape index (κ1) is 23.1. The summed E-state index contributed by atoms with van der Waals surface area (Å²) in [4.78, 5) is 27.9. The zero-order valence-corrected chi connectivity index (χ0v) is 20.3. The lowest BCUT2D eigenvalue weighted by molar-refractivity contribution is -0.117. The van der Waals surface area contributed by atoms with Crippen molar-refractivity contribution in [3.8, 4) is 6.07 Å². The molecule has 1 N–H and O–H groups in total. The highest BCUT2D eigenvalue weighted by Crippen LogP contribution is 2.42. The minimum atomic E-state index is -0.575. The van der Waals surface area contributed by atoms with Gasteiger partial charge in [-0.15, -0.1) is 0 Å². The van der Waals surface area contributed by atoms with Gasteiger partial charge in [-0.1, -0.05) is 75.7 Å². The molecule has 3 aromatic carbocycles. The quantitative estimate of drug-likeness (QED) is 0.312. The van der Waals surface area contributed by atoms with Gasteiger partial charge in [0.15, 0.2) is 0 Å². The molecule has 33 heavy (non-hydrogen) atoms. The summed E-state index contributed by atoms with van der Waals surface area (Å²) < 4.78 is 0.869. The van der Waals surface area contributed by atoms with E-state index in [9.17, 15) is 14.9 Å². The second-order valence-electron chi connectivity index (χ2n) is 7.16. The fourth-order valence-electron chi connectivity index (χ4n) is 3.39. The number of carbonyl (C=O) groups excluding carboxylic acids is 2. The number of hydrogen-bond acceptors (Lipinski definition) is 4. The van der Waals surface area contributed by atoms with E-state index < -0.39 is 11.2 Å². The van der Waals surface area contributed by atoms with E-state index in [1.807, 2.05) is 30.3 Å². The Morgan fingerprint density at radius 2 is 1.73 bits per heavy atom. The summed E-state index contributed by atoms with van der Waals surface area (Å²) in [6.45, 7) is 0. The Balaban J connectivity index is 1.72. The Bertz CT molecular complexity index is 1270. The first-order valence-corrected chi connectivity index (χ1v) is 12.0. The molecule has 164 valence electrons. The monoisotopic (exact) mass is 537 g/mol. The summed E-state index contributed by atoms with van der Waals surface area (Å²) in [6.07, 6.45) is 0.378. The molecule has 0 aromatic heterocycles. The number of para-hydroxylation sites is 1. The molecular weight excluding hydrogens is 522 g/mol. The van der Waals surface area contributed by atoms with Gasteiger partial charge in [-0.3, -0.25) is 14.5 Å². The van der Waals surface area contributed by atoms with Gasteiger partial charge in [0, 0.05) is 20.9 Å². The smallest absolute Gasteiger partial charge is 0.269 e. The molecule has 0 aliphatic carbocycles. The highest BCUT2D eigenvalue weighted by Gasteiger charge is 2.41. The van der Waals surface area contributed by atoms with Crippen LogP contribution in [0.25, 0.3) is 0 Å². The van der Waals surface area contributed by atoms with Crippen molar-refractivity contribution >= 4 is 62.5 Å². The molecule has 1 aliphatic rings. The van der Waals surface area contributed by atoms with E-state index in [1.165, 1.54) is 16.7 Å². The van der Waals surface area contributed by atoms with Gasteiger partial charge in [-0.25, -0.2) is 0 Å². The number of amides is 2. The molecule has 0 unspecified atom stereocenters. The topological polar surface area (TPSA) is 73.2 Å². The van der Waals surface area contributed by atoms with Gasteiger partial charge < -0.3 is 5.32 Å². The van der Waals surface area contributed by atoms with Crippen molar-refractivity contribution in [2.24, 2.45) is 0 Å². The van der Waals surface area contributed by atoms with Crippen LogP contribution in [0.4, 0.5) is 11.4 Å². The number of benzene rings is 3. The van der Waals surface area contributed by atoms with Crippen LogP contribution in [0.5, 0.6) is 0 Å². The lowest BCUT2D eigenvalue weighted by atomic mass is 10.1. The molecule has 4 rings (SSSR count). The third kappa shape index (κ3) is 5.14. The number of anilines is 2. The maximum absolute atomic E-state index is 13.5. The normalized spacial score (nSPS) is 16.9. The van der Waals surface area contributed by atoms with Gasteiger partial charge in [-0.2, -0.15) is 5.26 Å². The van der Waals surface area contributed by atoms with Gasteiger partial charge in [-0.05, 0) is 54.4 Å². The zero-order valence-electron chi connectivity index (χ0n) is 17.2. The van der Waals surface area contributed by atoms with E-state index in [4.69, 9.17) is 11.6 Å². The summed E-state index contributed by atoms with van der Waals surface area (Å²) in [5, 5.41) is 13.0. The molecule has 5 nitrogen and oxygen atoms in total. The largest absolute Gasteiger partial charge is 0.321 e. The number of carbonyl (C=O) groups is 2. The molecule has 0 saturated carbocycles. The van der Waals surface area contributed by atoms with Crippen molar-refractivity contribution in [2.75, 3.05) is 10.2 Å².